The van der Waals surface area contributed by atoms with E-state index in [2.05, 4.69) is 19.3 Å². The molecule has 1 aliphatic rings. The largest absolute Gasteiger partial charge is 0.271 e. The molecule has 84 valence electrons. The van der Waals surface area contributed by atoms with Crippen LogP contribution in [0.4, 0.5) is 0 Å². The third-order valence-electron chi connectivity index (χ3n) is 3.26. The lowest BCUT2D eigenvalue weighted by molar-refractivity contribution is 0.235. The Hall–Kier alpha value is 0.270. The van der Waals surface area contributed by atoms with Gasteiger partial charge >= 0.3 is 0 Å². The number of hydrogen-bond donors (Lipinski definition) is 2. The molecule has 3 atom stereocenters. The minimum Gasteiger partial charge on any atom is -0.271 e. The Morgan fingerprint density at radius 2 is 2.29 bits per heavy atom. The number of thioether (sulfide) groups is 1. The van der Waals surface area contributed by atoms with Crippen molar-refractivity contribution < 1.29 is 0 Å². The predicted molar refractivity (Wildman–Crippen MR) is 65.2 cm³/mol. The molecule has 1 rings (SSSR count). The summed E-state index contributed by atoms with van der Waals surface area (Å²) in [7, 11) is 0. The molecule has 0 amide bonds. The smallest absolute Gasteiger partial charge is 0.0329 e. The number of nitrogens with two attached hydrogens (primary N) is 1. The van der Waals surface area contributed by atoms with Crippen LogP contribution in [-0.2, 0) is 0 Å². The molecule has 0 radical (unpaired) electrons. The zero-order valence-electron chi connectivity index (χ0n) is 9.46. The van der Waals surface area contributed by atoms with Gasteiger partial charge in [0.05, 0.1) is 0 Å². The first-order chi connectivity index (χ1) is 6.77. The molecule has 0 aromatic rings. The van der Waals surface area contributed by atoms with Crippen molar-refractivity contribution in [2.24, 2.45) is 17.7 Å². The van der Waals surface area contributed by atoms with Gasteiger partial charge in [-0.3, -0.25) is 11.3 Å². The molecule has 14 heavy (non-hydrogen) atoms. The second-order valence-corrected chi connectivity index (χ2v) is 5.78. The molecule has 1 saturated carbocycles. The molecule has 1 fully saturated rings. The van der Waals surface area contributed by atoms with Gasteiger partial charge in [0.25, 0.3) is 0 Å². The van der Waals surface area contributed by atoms with E-state index in [0.717, 1.165) is 11.8 Å². The molecule has 3 heteroatoms. The van der Waals surface area contributed by atoms with Gasteiger partial charge in [-0.25, -0.2) is 0 Å². The van der Waals surface area contributed by atoms with Crippen LogP contribution < -0.4 is 11.3 Å². The van der Waals surface area contributed by atoms with Crippen molar-refractivity contribution in [1.82, 2.24) is 5.43 Å². The minimum absolute atomic E-state index is 0.530. The lowest BCUT2D eigenvalue weighted by Gasteiger charge is -2.32. The Balaban J connectivity index is 2.34. The molecule has 0 aliphatic heterocycles. The van der Waals surface area contributed by atoms with Crippen LogP contribution >= 0.6 is 11.8 Å². The molecule has 0 saturated heterocycles. The van der Waals surface area contributed by atoms with E-state index >= 15 is 0 Å². The van der Waals surface area contributed by atoms with E-state index < -0.39 is 0 Å². The standard InChI is InChI=1S/C11H24N2S/c1-3-14-8-11(13-12)10-6-4-5-9(2)7-10/h9-11,13H,3-8,12H2,1-2H3. The highest BCUT2D eigenvalue weighted by Crippen LogP contribution is 2.31. The van der Waals surface area contributed by atoms with Crippen LogP contribution in [0.5, 0.6) is 0 Å². The zero-order chi connectivity index (χ0) is 10.4. The SMILES string of the molecule is CCSCC(NN)C1CCCC(C)C1. The summed E-state index contributed by atoms with van der Waals surface area (Å²) in [6.45, 7) is 4.58. The second-order valence-electron chi connectivity index (χ2n) is 4.46. The van der Waals surface area contributed by atoms with Gasteiger partial charge in [-0.05, 0) is 30.4 Å². The number of hydrazine groups is 1. The molecule has 0 aromatic heterocycles. The van der Waals surface area contributed by atoms with Crippen LogP contribution in [0, 0.1) is 11.8 Å². The van der Waals surface area contributed by atoms with Crippen molar-refractivity contribution in [2.75, 3.05) is 11.5 Å². The maximum Gasteiger partial charge on any atom is 0.0329 e. The first-order valence-corrected chi connectivity index (χ1v) is 6.97. The maximum atomic E-state index is 5.63. The number of rotatable bonds is 5. The second kappa shape index (κ2) is 6.70. The van der Waals surface area contributed by atoms with Crippen LogP contribution in [0.25, 0.3) is 0 Å². The molecule has 0 bridgehead atoms. The molecule has 0 aromatic carbocycles. The molecule has 3 unspecified atom stereocenters. The fourth-order valence-corrected chi connectivity index (χ4v) is 3.27. The van der Waals surface area contributed by atoms with Gasteiger partial charge in [0.1, 0.15) is 0 Å². The molecular formula is C11H24N2S. The normalized spacial score (nSPS) is 30.2. The minimum atomic E-state index is 0.530. The van der Waals surface area contributed by atoms with Gasteiger partial charge in [0.15, 0.2) is 0 Å². The van der Waals surface area contributed by atoms with Crippen molar-refractivity contribution in [3.05, 3.63) is 0 Å². The van der Waals surface area contributed by atoms with E-state index in [1.807, 2.05) is 11.8 Å². The van der Waals surface area contributed by atoms with Crippen molar-refractivity contribution in [3.63, 3.8) is 0 Å². The van der Waals surface area contributed by atoms with E-state index in [1.165, 1.54) is 37.2 Å². The van der Waals surface area contributed by atoms with Gasteiger partial charge in [-0.2, -0.15) is 11.8 Å². The summed E-state index contributed by atoms with van der Waals surface area (Å²) in [5.41, 5.74) is 3.01. The third kappa shape index (κ3) is 3.79. The average Bonchev–Trinajstić information content (AvgIpc) is 2.19. The van der Waals surface area contributed by atoms with Crippen molar-refractivity contribution in [2.45, 2.75) is 45.6 Å². The summed E-state index contributed by atoms with van der Waals surface area (Å²) in [6, 6.07) is 0.530. The predicted octanol–water partition coefficient (Wildman–Crippen LogP) is 2.40. The lowest BCUT2D eigenvalue weighted by Crippen LogP contribution is -2.44. The van der Waals surface area contributed by atoms with Crippen LogP contribution in [-0.4, -0.2) is 17.5 Å². The van der Waals surface area contributed by atoms with Gasteiger partial charge in [0, 0.05) is 11.8 Å². The topological polar surface area (TPSA) is 38.0 Å². The average molecular weight is 216 g/mol. The first kappa shape index (κ1) is 12.3. The Morgan fingerprint density at radius 1 is 1.50 bits per heavy atom. The summed E-state index contributed by atoms with van der Waals surface area (Å²) >= 11 is 1.99. The summed E-state index contributed by atoms with van der Waals surface area (Å²) in [6.07, 6.45) is 5.53. The molecule has 3 N–H and O–H groups in total. The molecule has 0 spiro atoms. The van der Waals surface area contributed by atoms with Gasteiger partial charge < -0.3 is 0 Å². The first-order valence-electron chi connectivity index (χ1n) is 5.81. The van der Waals surface area contributed by atoms with Gasteiger partial charge in [-0.15, -0.1) is 0 Å². The highest BCUT2D eigenvalue weighted by molar-refractivity contribution is 7.99. The summed E-state index contributed by atoms with van der Waals surface area (Å²) < 4.78 is 0. The Labute approximate surface area is 92.4 Å². The van der Waals surface area contributed by atoms with E-state index in [4.69, 9.17) is 5.84 Å². The fraction of sp³-hybridized carbons (Fsp3) is 1.00. The van der Waals surface area contributed by atoms with Crippen LogP contribution in [0.2, 0.25) is 0 Å². The number of hydrogen-bond acceptors (Lipinski definition) is 3. The highest BCUT2D eigenvalue weighted by Gasteiger charge is 2.25. The summed E-state index contributed by atoms with van der Waals surface area (Å²) in [5.74, 6) is 9.70. The third-order valence-corrected chi connectivity index (χ3v) is 4.26. The maximum absolute atomic E-state index is 5.63. The van der Waals surface area contributed by atoms with Gasteiger partial charge in [-0.1, -0.05) is 26.7 Å². The Kier molecular flexibility index (Phi) is 5.90. The Morgan fingerprint density at radius 3 is 2.86 bits per heavy atom. The van der Waals surface area contributed by atoms with Gasteiger partial charge in [0.2, 0.25) is 0 Å². The van der Waals surface area contributed by atoms with E-state index in [-0.39, 0.29) is 0 Å². The van der Waals surface area contributed by atoms with E-state index in [9.17, 15) is 0 Å². The van der Waals surface area contributed by atoms with Crippen molar-refractivity contribution >= 4 is 11.8 Å². The monoisotopic (exact) mass is 216 g/mol. The molecule has 1 aliphatic carbocycles. The van der Waals surface area contributed by atoms with Crippen LogP contribution in [0.1, 0.15) is 39.5 Å². The number of nitrogens with one attached hydrogen (secondary N) is 1. The highest BCUT2D eigenvalue weighted by atomic mass is 32.2. The van der Waals surface area contributed by atoms with E-state index in [0.29, 0.717) is 6.04 Å². The zero-order valence-corrected chi connectivity index (χ0v) is 10.3. The van der Waals surface area contributed by atoms with Crippen molar-refractivity contribution in [3.8, 4) is 0 Å². The quantitative estimate of drug-likeness (QED) is 0.547. The van der Waals surface area contributed by atoms with Crippen LogP contribution in [0.3, 0.4) is 0 Å². The lowest BCUT2D eigenvalue weighted by atomic mass is 9.79. The van der Waals surface area contributed by atoms with Crippen LogP contribution in [0.15, 0.2) is 0 Å². The fourth-order valence-electron chi connectivity index (χ4n) is 2.41. The van der Waals surface area contributed by atoms with Crippen molar-refractivity contribution in [1.29, 1.82) is 0 Å². The molecule has 0 heterocycles. The molecular weight excluding hydrogens is 192 g/mol. The molecule has 2 nitrogen and oxygen atoms in total. The summed E-state index contributed by atoms with van der Waals surface area (Å²) in [5, 5.41) is 0. The Bertz CT molecular complexity index is 152. The summed E-state index contributed by atoms with van der Waals surface area (Å²) in [4.78, 5) is 0. The van der Waals surface area contributed by atoms with E-state index in [1.54, 1.807) is 0 Å².